The van der Waals surface area contributed by atoms with Crippen LogP contribution in [-0.4, -0.2) is 65.2 Å². The van der Waals surface area contributed by atoms with Crippen molar-refractivity contribution in [2.45, 2.75) is 0 Å². The van der Waals surface area contributed by atoms with E-state index in [1.807, 2.05) is 59.5 Å². The van der Waals surface area contributed by atoms with Crippen LogP contribution in [0.1, 0.15) is 10.5 Å². The van der Waals surface area contributed by atoms with Crippen LogP contribution in [0.4, 0.5) is 0 Å². The van der Waals surface area contributed by atoms with Crippen LogP contribution in [0.2, 0.25) is 5.02 Å². The number of amides is 1. The zero-order chi connectivity index (χ0) is 20.9. The molecule has 2 heterocycles. The largest absolute Gasteiger partial charge is 0.492 e. The highest BCUT2D eigenvalue weighted by Crippen LogP contribution is 2.21. The summed E-state index contributed by atoms with van der Waals surface area (Å²) in [7, 11) is 0. The minimum atomic E-state index is -0.0112. The number of hydrogen-bond acceptors (Lipinski definition) is 4. The number of nitrogens with zero attached hydrogens (tertiary/aromatic N) is 3. The lowest BCUT2D eigenvalue weighted by molar-refractivity contribution is 0.0614. The summed E-state index contributed by atoms with van der Waals surface area (Å²) < 4.78 is 6.77. The van der Waals surface area contributed by atoms with Crippen LogP contribution in [0.3, 0.4) is 0 Å². The molecule has 4 rings (SSSR count). The Labute approximate surface area is 188 Å². The predicted molar refractivity (Wildman–Crippen MR) is 121 cm³/mol. The van der Waals surface area contributed by atoms with Crippen molar-refractivity contribution in [3.05, 3.63) is 69.8 Å². The molecule has 0 unspecified atom stereocenters. The van der Waals surface area contributed by atoms with E-state index in [1.54, 1.807) is 0 Å². The highest BCUT2D eigenvalue weighted by molar-refractivity contribution is 9.10. The molecule has 8 heteroatoms. The first-order valence-electron chi connectivity index (χ1n) is 9.80. The van der Waals surface area contributed by atoms with Crippen LogP contribution in [0, 0.1) is 0 Å². The molecule has 1 fully saturated rings. The van der Waals surface area contributed by atoms with Gasteiger partial charge in [0.05, 0.1) is 5.69 Å². The standard InChI is InChI=1S/C22H22BrClN4O2/c23-17-3-1-16(2-4-17)20-15-21(26-25-20)22(29)28-11-9-27(10-12-28)13-14-30-19-7-5-18(24)6-8-19/h1-8,15H,9-14H2,(H,25,26). The fraction of sp³-hybridized carbons (Fsp3) is 0.273. The number of piperazine rings is 1. The van der Waals surface area contributed by atoms with E-state index in [1.165, 1.54) is 0 Å². The van der Waals surface area contributed by atoms with Gasteiger partial charge in [-0.05, 0) is 42.5 Å². The summed E-state index contributed by atoms with van der Waals surface area (Å²) in [4.78, 5) is 17.0. The van der Waals surface area contributed by atoms with Crippen molar-refractivity contribution in [2.24, 2.45) is 0 Å². The zero-order valence-electron chi connectivity index (χ0n) is 16.4. The van der Waals surface area contributed by atoms with Gasteiger partial charge in [0, 0.05) is 47.8 Å². The average molecular weight is 490 g/mol. The minimum Gasteiger partial charge on any atom is -0.492 e. The third-order valence-electron chi connectivity index (χ3n) is 5.10. The Hall–Kier alpha value is -2.35. The molecule has 0 aliphatic carbocycles. The summed E-state index contributed by atoms with van der Waals surface area (Å²) in [6.45, 7) is 4.45. The van der Waals surface area contributed by atoms with Crippen molar-refractivity contribution in [1.82, 2.24) is 20.0 Å². The molecular weight excluding hydrogens is 468 g/mol. The summed E-state index contributed by atoms with van der Waals surface area (Å²) in [6, 6.07) is 17.1. The van der Waals surface area contributed by atoms with E-state index in [9.17, 15) is 4.79 Å². The summed E-state index contributed by atoms with van der Waals surface area (Å²) in [5.41, 5.74) is 2.26. The van der Waals surface area contributed by atoms with Crippen LogP contribution in [0.5, 0.6) is 5.75 Å². The van der Waals surface area contributed by atoms with E-state index in [2.05, 4.69) is 31.0 Å². The number of aromatic amines is 1. The second-order valence-corrected chi connectivity index (χ2v) is 8.46. The number of rotatable bonds is 6. The molecule has 1 aliphatic rings. The maximum absolute atomic E-state index is 12.8. The van der Waals surface area contributed by atoms with Gasteiger partial charge in [-0.2, -0.15) is 5.10 Å². The number of hydrogen-bond donors (Lipinski definition) is 1. The molecular formula is C22H22BrClN4O2. The number of aromatic nitrogens is 2. The molecule has 156 valence electrons. The lowest BCUT2D eigenvalue weighted by Crippen LogP contribution is -2.49. The summed E-state index contributed by atoms with van der Waals surface area (Å²) in [6.07, 6.45) is 0. The van der Waals surface area contributed by atoms with Gasteiger partial charge in [0.15, 0.2) is 0 Å². The first kappa shape index (κ1) is 20.9. The molecule has 0 saturated carbocycles. The van der Waals surface area contributed by atoms with E-state index in [-0.39, 0.29) is 5.91 Å². The second-order valence-electron chi connectivity index (χ2n) is 7.11. The number of carbonyl (C=O) groups is 1. The van der Waals surface area contributed by atoms with E-state index < -0.39 is 0 Å². The Morgan fingerprint density at radius 3 is 2.47 bits per heavy atom. The van der Waals surface area contributed by atoms with Crippen molar-refractivity contribution >= 4 is 33.4 Å². The SMILES string of the molecule is O=C(c1cc(-c2ccc(Br)cc2)n[nH]1)N1CCN(CCOc2ccc(Cl)cc2)CC1. The van der Waals surface area contributed by atoms with Crippen LogP contribution in [-0.2, 0) is 0 Å². The normalized spacial score (nSPS) is 14.7. The van der Waals surface area contributed by atoms with Crippen molar-refractivity contribution in [1.29, 1.82) is 0 Å². The maximum atomic E-state index is 12.8. The van der Waals surface area contributed by atoms with Gasteiger partial charge in [-0.15, -0.1) is 0 Å². The van der Waals surface area contributed by atoms with Crippen molar-refractivity contribution in [3.8, 4) is 17.0 Å². The summed E-state index contributed by atoms with van der Waals surface area (Å²) >= 11 is 9.31. The fourth-order valence-electron chi connectivity index (χ4n) is 3.37. The average Bonchev–Trinajstić information content (AvgIpc) is 3.26. The number of carbonyl (C=O) groups excluding carboxylic acids is 1. The van der Waals surface area contributed by atoms with Crippen LogP contribution >= 0.6 is 27.5 Å². The fourth-order valence-corrected chi connectivity index (χ4v) is 3.76. The molecule has 1 N–H and O–H groups in total. The molecule has 2 aromatic carbocycles. The molecule has 6 nitrogen and oxygen atoms in total. The van der Waals surface area contributed by atoms with E-state index in [4.69, 9.17) is 16.3 Å². The van der Waals surface area contributed by atoms with Gasteiger partial charge in [-0.25, -0.2) is 0 Å². The summed E-state index contributed by atoms with van der Waals surface area (Å²) in [5.74, 6) is 0.803. The monoisotopic (exact) mass is 488 g/mol. The maximum Gasteiger partial charge on any atom is 0.271 e. The second kappa shape index (κ2) is 9.64. The van der Waals surface area contributed by atoms with Gasteiger partial charge in [-0.3, -0.25) is 14.8 Å². The van der Waals surface area contributed by atoms with Gasteiger partial charge in [-0.1, -0.05) is 39.7 Å². The molecule has 0 spiro atoms. The molecule has 0 bridgehead atoms. The van der Waals surface area contributed by atoms with Gasteiger partial charge in [0.25, 0.3) is 5.91 Å². The molecule has 30 heavy (non-hydrogen) atoms. The smallest absolute Gasteiger partial charge is 0.271 e. The van der Waals surface area contributed by atoms with Gasteiger partial charge in [0.1, 0.15) is 18.1 Å². The van der Waals surface area contributed by atoms with Crippen LogP contribution in [0.25, 0.3) is 11.3 Å². The van der Waals surface area contributed by atoms with Gasteiger partial charge < -0.3 is 9.64 Å². The Kier molecular flexibility index (Phi) is 6.72. The number of ether oxygens (including phenoxy) is 1. The Balaban J connectivity index is 1.25. The van der Waals surface area contributed by atoms with Crippen LogP contribution in [0.15, 0.2) is 59.1 Å². The van der Waals surface area contributed by atoms with Crippen LogP contribution < -0.4 is 4.74 Å². The van der Waals surface area contributed by atoms with Crippen molar-refractivity contribution in [2.75, 3.05) is 39.3 Å². The van der Waals surface area contributed by atoms with Crippen molar-refractivity contribution < 1.29 is 9.53 Å². The quantitative estimate of drug-likeness (QED) is 0.560. The van der Waals surface area contributed by atoms with E-state index in [0.717, 1.165) is 41.1 Å². The van der Waals surface area contributed by atoms with Gasteiger partial charge in [0.2, 0.25) is 0 Å². The highest BCUT2D eigenvalue weighted by atomic mass is 79.9. The molecule has 1 saturated heterocycles. The number of H-pyrrole nitrogens is 1. The molecule has 1 aromatic heterocycles. The summed E-state index contributed by atoms with van der Waals surface area (Å²) in [5, 5.41) is 7.88. The molecule has 0 radical (unpaired) electrons. The Bertz CT molecular complexity index is 983. The number of benzene rings is 2. The topological polar surface area (TPSA) is 61.5 Å². The Morgan fingerprint density at radius 2 is 1.77 bits per heavy atom. The molecule has 0 atom stereocenters. The lowest BCUT2D eigenvalue weighted by Gasteiger charge is -2.34. The van der Waals surface area contributed by atoms with Gasteiger partial charge >= 0.3 is 0 Å². The lowest BCUT2D eigenvalue weighted by atomic mass is 10.1. The predicted octanol–water partition coefficient (Wildman–Crippen LogP) is 4.33. The third-order valence-corrected chi connectivity index (χ3v) is 5.88. The Morgan fingerprint density at radius 1 is 1.07 bits per heavy atom. The first-order valence-corrected chi connectivity index (χ1v) is 11.0. The first-order chi connectivity index (χ1) is 14.6. The van der Waals surface area contributed by atoms with Crippen molar-refractivity contribution in [3.63, 3.8) is 0 Å². The zero-order valence-corrected chi connectivity index (χ0v) is 18.7. The minimum absolute atomic E-state index is 0.0112. The third kappa shape index (κ3) is 5.22. The number of nitrogens with one attached hydrogen (secondary N) is 1. The molecule has 1 aliphatic heterocycles. The van der Waals surface area contributed by atoms with E-state index in [0.29, 0.717) is 30.4 Å². The number of halogens is 2. The van der Waals surface area contributed by atoms with E-state index >= 15 is 0 Å². The molecule has 1 amide bonds. The molecule has 3 aromatic rings. The highest BCUT2D eigenvalue weighted by Gasteiger charge is 2.23.